The Morgan fingerprint density at radius 3 is 2.83 bits per heavy atom. The molecule has 3 nitrogen and oxygen atoms in total. The lowest BCUT2D eigenvalue weighted by Gasteiger charge is -2.09. The molecular formula is C13H15FIN3. The third-order valence-electron chi connectivity index (χ3n) is 2.68. The zero-order valence-corrected chi connectivity index (χ0v) is 12.5. The number of benzene rings is 1. The van der Waals surface area contributed by atoms with Gasteiger partial charge in [0.05, 0.1) is 17.9 Å². The summed E-state index contributed by atoms with van der Waals surface area (Å²) in [7, 11) is 0. The molecule has 0 unspecified atom stereocenters. The Morgan fingerprint density at radius 2 is 2.17 bits per heavy atom. The molecule has 0 fully saturated rings. The number of rotatable bonds is 4. The highest BCUT2D eigenvalue weighted by Gasteiger charge is 2.05. The lowest BCUT2D eigenvalue weighted by atomic mass is 10.3. The fraction of sp³-hybridized carbons (Fsp3) is 0.308. The van der Waals surface area contributed by atoms with Gasteiger partial charge in [0.25, 0.3) is 0 Å². The molecule has 2 aromatic rings. The van der Waals surface area contributed by atoms with Gasteiger partial charge in [-0.25, -0.2) is 4.39 Å². The molecule has 96 valence electrons. The average molecular weight is 359 g/mol. The maximum Gasteiger partial charge on any atom is 0.124 e. The number of aromatic nitrogens is 2. The van der Waals surface area contributed by atoms with Crippen molar-refractivity contribution < 1.29 is 4.39 Å². The van der Waals surface area contributed by atoms with Crippen LogP contribution in [0, 0.1) is 16.3 Å². The maximum absolute atomic E-state index is 13.0. The lowest BCUT2D eigenvalue weighted by Crippen LogP contribution is -2.08. The number of nitrogens with one attached hydrogen (secondary N) is 1. The highest BCUT2D eigenvalue weighted by molar-refractivity contribution is 14.1. The smallest absolute Gasteiger partial charge is 0.124 e. The second-order valence-electron chi connectivity index (χ2n) is 4.07. The highest BCUT2D eigenvalue weighted by atomic mass is 127. The Kier molecular flexibility index (Phi) is 4.21. The van der Waals surface area contributed by atoms with E-state index >= 15 is 0 Å². The van der Waals surface area contributed by atoms with Gasteiger partial charge in [-0.05, 0) is 60.7 Å². The molecule has 0 saturated heterocycles. The number of aryl methyl sites for hydroxylation is 2. The second kappa shape index (κ2) is 5.69. The number of nitrogens with zero attached hydrogens (tertiary/aromatic N) is 2. The molecule has 5 heteroatoms. The number of anilines is 1. The van der Waals surface area contributed by atoms with E-state index in [1.54, 1.807) is 6.07 Å². The van der Waals surface area contributed by atoms with Gasteiger partial charge in [0.15, 0.2) is 0 Å². The molecule has 0 radical (unpaired) electrons. The summed E-state index contributed by atoms with van der Waals surface area (Å²) in [4.78, 5) is 0. The normalized spacial score (nSPS) is 10.7. The van der Waals surface area contributed by atoms with E-state index in [2.05, 4.69) is 46.0 Å². The Balaban J connectivity index is 2.11. The van der Waals surface area contributed by atoms with Crippen molar-refractivity contribution in [3.8, 4) is 0 Å². The number of halogens is 2. The first-order valence-electron chi connectivity index (χ1n) is 5.82. The van der Waals surface area contributed by atoms with Crippen LogP contribution in [0.25, 0.3) is 0 Å². The van der Waals surface area contributed by atoms with Gasteiger partial charge in [-0.2, -0.15) is 5.10 Å². The third-order valence-corrected chi connectivity index (χ3v) is 3.57. The number of hydrogen-bond acceptors (Lipinski definition) is 2. The van der Waals surface area contributed by atoms with E-state index in [0.717, 1.165) is 27.2 Å². The standard InChI is InChI=1S/C13H15FIN3/c1-3-18-11(6-9(2)17-18)8-16-13-5-4-10(14)7-12(13)15/h4-7,16H,3,8H2,1-2H3. The summed E-state index contributed by atoms with van der Waals surface area (Å²) in [5.41, 5.74) is 3.09. The molecular weight excluding hydrogens is 344 g/mol. The second-order valence-corrected chi connectivity index (χ2v) is 5.23. The van der Waals surface area contributed by atoms with Crippen LogP contribution in [0.1, 0.15) is 18.3 Å². The van der Waals surface area contributed by atoms with E-state index in [4.69, 9.17) is 0 Å². The number of hydrogen-bond donors (Lipinski definition) is 1. The van der Waals surface area contributed by atoms with Crippen LogP contribution >= 0.6 is 22.6 Å². The largest absolute Gasteiger partial charge is 0.379 e. The van der Waals surface area contributed by atoms with Crippen molar-refractivity contribution in [2.24, 2.45) is 0 Å². The quantitative estimate of drug-likeness (QED) is 0.846. The first kappa shape index (κ1) is 13.3. The van der Waals surface area contributed by atoms with Crippen molar-refractivity contribution in [1.29, 1.82) is 0 Å². The summed E-state index contributed by atoms with van der Waals surface area (Å²) in [5.74, 6) is -0.209. The van der Waals surface area contributed by atoms with E-state index in [9.17, 15) is 4.39 Å². The molecule has 0 spiro atoms. The molecule has 0 aliphatic rings. The molecule has 18 heavy (non-hydrogen) atoms. The predicted octanol–water partition coefficient (Wildman–Crippen LogP) is 3.57. The Labute approximate surface area is 120 Å². The van der Waals surface area contributed by atoms with Crippen LogP contribution in [0.15, 0.2) is 24.3 Å². The van der Waals surface area contributed by atoms with Crippen molar-refractivity contribution in [3.63, 3.8) is 0 Å². The Morgan fingerprint density at radius 1 is 1.39 bits per heavy atom. The molecule has 0 saturated carbocycles. The molecule has 1 heterocycles. The van der Waals surface area contributed by atoms with Crippen LogP contribution in [0.4, 0.5) is 10.1 Å². The van der Waals surface area contributed by atoms with Crippen molar-refractivity contribution in [1.82, 2.24) is 9.78 Å². The SMILES string of the molecule is CCn1nc(C)cc1CNc1ccc(F)cc1I. The van der Waals surface area contributed by atoms with Crippen LogP contribution in [-0.2, 0) is 13.1 Å². The molecule has 1 aromatic carbocycles. The van der Waals surface area contributed by atoms with Crippen LogP contribution in [-0.4, -0.2) is 9.78 Å². The van der Waals surface area contributed by atoms with Crippen LogP contribution in [0.2, 0.25) is 0 Å². The van der Waals surface area contributed by atoms with E-state index in [0.29, 0.717) is 6.54 Å². The first-order valence-corrected chi connectivity index (χ1v) is 6.90. The van der Waals surface area contributed by atoms with Crippen LogP contribution in [0.3, 0.4) is 0 Å². The predicted molar refractivity (Wildman–Crippen MR) is 79.1 cm³/mol. The summed E-state index contributed by atoms with van der Waals surface area (Å²) >= 11 is 2.13. The monoisotopic (exact) mass is 359 g/mol. The Hall–Kier alpha value is -1.11. The van der Waals surface area contributed by atoms with Gasteiger partial charge in [0.2, 0.25) is 0 Å². The minimum atomic E-state index is -0.209. The van der Waals surface area contributed by atoms with E-state index in [-0.39, 0.29) is 5.82 Å². The fourth-order valence-corrected chi connectivity index (χ4v) is 2.50. The minimum Gasteiger partial charge on any atom is -0.379 e. The van der Waals surface area contributed by atoms with Gasteiger partial charge in [-0.3, -0.25) is 4.68 Å². The molecule has 0 amide bonds. The summed E-state index contributed by atoms with van der Waals surface area (Å²) in [5, 5.41) is 7.70. The van der Waals surface area contributed by atoms with E-state index in [1.165, 1.54) is 12.1 Å². The lowest BCUT2D eigenvalue weighted by molar-refractivity contribution is 0.622. The molecule has 2 rings (SSSR count). The third kappa shape index (κ3) is 3.01. The van der Waals surface area contributed by atoms with Gasteiger partial charge in [0, 0.05) is 15.8 Å². The zero-order chi connectivity index (χ0) is 13.1. The van der Waals surface area contributed by atoms with Crippen molar-refractivity contribution in [2.75, 3.05) is 5.32 Å². The molecule has 1 N–H and O–H groups in total. The fourth-order valence-electron chi connectivity index (χ4n) is 1.83. The zero-order valence-electron chi connectivity index (χ0n) is 10.4. The molecule has 0 aliphatic carbocycles. The highest BCUT2D eigenvalue weighted by Crippen LogP contribution is 2.19. The van der Waals surface area contributed by atoms with Crippen molar-refractivity contribution >= 4 is 28.3 Å². The van der Waals surface area contributed by atoms with Crippen LogP contribution in [0.5, 0.6) is 0 Å². The first-order chi connectivity index (χ1) is 8.60. The topological polar surface area (TPSA) is 29.9 Å². The van der Waals surface area contributed by atoms with Crippen molar-refractivity contribution in [3.05, 3.63) is 45.0 Å². The van der Waals surface area contributed by atoms with Crippen LogP contribution < -0.4 is 5.32 Å². The van der Waals surface area contributed by atoms with Crippen molar-refractivity contribution in [2.45, 2.75) is 26.9 Å². The van der Waals surface area contributed by atoms with Gasteiger partial charge in [-0.1, -0.05) is 0 Å². The molecule has 0 atom stereocenters. The van der Waals surface area contributed by atoms with E-state index < -0.39 is 0 Å². The van der Waals surface area contributed by atoms with Gasteiger partial charge in [-0.15, -0.1) is 0 Å². The molecule has 0 aliphatic heterocycles. The minimum absolute atomic E-state index is 0.209. The summed E-state index contributed by atoms with van der Waals surface area (Å²) in [6.07, 6.45) is 0. The summed E-state index contributed by atoms with van der Waals surface area (Å²) in [6, 6.07) is 6.81. The average Bonchev–Trinajstić information content (AvgIpc) is 2.68. The van der Waals surface area contributed by atoms with Gasteiger partial charge in [0.1, 0.15) is 5.82 Å². The maximum atomic E-state index is 13.0. The summed E-state index contributed by atoms with van der Waals surface area (Å²) in [6.45, 7) is 5.59. The van der Waals surface area contributed by atoms with E-state index in [1.807, 2.05) is 11.6 Å². The van der Waals surface area contributed by atoms with Gasteiger partial charge >= 0.3 is 0 Å². The molecule has 0 bridgehead atoms. The Bertz CT molecular complexity index is 551. The van der Waals surface area contributed by atoms with Gasteiger partial charge < -0.3 is 5.32 Å². The molecule has 1 aromatic heterocycles. The summed E-state index contributed by atoms with van der Waals surface area (Å²) < 4.78 is 15.8.